The lowest BCUT2D eigenvalue weighted by Crippen LogP contribution is -2.16. The zero-order chi connectivity index (χ0) is 12.4. The quantitative estimate of drug-likeness (QED) is 0.349. The number of hydrogen-bond donors (Lipinski definition) is 0. The molecule has 16 heavy (non-hydrogen) atoms. The maximum Gasteiger partial charge on any atom is 0.319 e. The van der Waals surface area contributed by atoms with Gasteiger partial charge in [-0.2, -0.15) is 0 Å². The molecule has 0 spiro atoms. The number of carbonyl (C=O) groups is 1. The second kappa shape index (κ2) is 9.64. The van der Waals surface area contributed by atoms with Crippen molar-refractivity contribution >= 4 is 15.0 Å². The van der Waals surface area contributed by atoms with Crippen molar-refractivity contribution in [2.75, 3.05) is 0 Å². The summed E-state index contributed by atoms with van der Waals surface area (Å²) in [5.74, 6) is -0.171. The van der Waals surface area contributed by atoms with Crippen LogP contribution in [-0.4, -0.2) is 15.0 Å². The molecule has 0 aromatic rings. The summed E-state index contributed by atoms with van der Waals surface area (Å²) >= 11 is 0. The summed E-state index contributed by atoms with van der Waals surface area (Å²) in [5, 5.41) is 0. The van der Waals surface area contributed by atoms with E-state index in [0.29, 0.717) is 5.57 Å². The topological polar surface area (TPSA) is 26.3 Å². The van der Waals surface area contributed by atoms with Gasteiger partial charge in [-0.05, 0) is 25.9 Å². The summed E-state index contributed by atoms with van der Waals surface area (Å²) in [4.78, 5) is 11.4. The molecule has 0 unspecified atom stereocenters. The summed E-state index contributed by atoms with van der Waals surface area (Å²) in [6.45, 7) is 10.00. The SMILES string of the molecule is C=C(CCCCCCCC)C(=O)O[SiH](C)C. The monoisotopic (exact) mass is 242 g/mol. The Labute approximate surface area is 102 Å². The second-order valence-electron chi connectivity index (χ2n) is 4.58. The Balaban J connectivity index is 3.46. The van der Waals surface area contributed by atoms with Crippen molar-refractivity contribution in [3.8, 4) is 0 Å². The molecule has 0 bridgehead atoms. The van der Waals surface area contributed by atoms with Gasteiger partial charge >= 0.3 is 5.97 Å². The summed E-state index contributed by atoms with van der Waals surface area (Å²) in [5.41, 5.74) is 0.650. The van der Waals surface area contributed by atoms with E-state index in [4.69, 9.17) is 4.43 Å². The van der Waals surface area contributed by atoms with Crippen LogP contribution in [-0.2, 0) is 9.22 Å². The summed E-state index contributed by atoms with van der Waals surface area (Å²) in [7, 11) is -1.25. The molecular weight excluding hydrogens is 216 g/mol. The predicted octanol–water partition coefficient (Wildman–Crippen LogP) is 3.82. The van der Waals surface area contributed by atoms with Gasteiger partial charge in [-0.3, -0.25) is 0 Å². The third-order valence-electron chi connectivity index (χ3n) is 2.46. The molecule has 94 valence electrons. The van der Waals surface area contributed by atoms with Gasteiger partial charge in [0, 0.05) is 5.57 Å². The van der Waals surface area contributed by atoms with E-state index in [-0.39, 0.29) is 5.97 Å². The lowest BCUT2D eigenvalue weighted by molar-refractivity contribution is -0.130. The molecule has 0 rings (SSSR count). The van der Waals surface area contributed by atoms with Crippen LogP contribution in [0.1, 0.15) is 51.9 Å². The van der Waals surface area contributed by atoms with Gasteiger partial charge in [0.1, 0.15) is 0 Å². The molecule has 0 aromatic carbocycles. The Hall–Kier alpha value is -0.573. The number of rotatable bonds is 9. The Morgan fingerprint density at radius 1 is 1.12 bits per heavy atom. The highest BCUT2D eigenvalue weighted by molar-refractivity contribution is 6.51. The van der Waals surface area contributed by atoms with E-state index in [2.05, 4.69) is 13.5 Å². The normalized spacial score (nSPS) is 10.5. The van der Waals surface area contributed by atoms with Crippen LogP contribution in [0.2, 0.25) is 13.1 Å². The van der Waals surface area contributed by atoms with Crippen LogP contribution >= 0.6 is 0 Å². The van der Waals surface area contributed by atoms with E-state index < -0.39 is 9.04 Å². The molecule has 0 aromatic heterocycles. The highest BCUT2D eigenvalue weighted by Gasteiger charge is 2.09. The minimum absolute atomic E-state index is 0.171. The van der Waals surface area contributed by atoms with Crippen LogP contribution in [0.3, 0.4) is 0 Å². The smallest absolute Gasteiger partial charge is 0.319 e. The molecule has 0 aliphatic rings. The van der Waals surface area contributed by atoms with Gasteiger partial charge in [-0.15, -0.1) is 0 Å². The highest BCUT2D eigenvalue weighted by atomic mass is 28.3. The fourth-order valence-corrected chi connectivity index (χ4v) is 2.11. The first-order valence-electron chi connectivity index (χ1n) is 6.46. The van der Waals surface area contributed by atoms with Crippen LogP contribution < -0.4 is 0 Å². The van der Waals surface area contributed by atoms with Crippen LogP contribution in [0.5, 0.6) is 0 Å². The zero-order valence-corrected chi connectivity index (χ0v) is 12.2. The van der Waals surface area contributed by atoms with Crippen molar-refractivity contribution < 1.29 is 9.22 Å². The largest absolute Gasteiger partial charge is 0.519 e. The molecule has 0 heterocycles. The predicted molar refractivity (Wildman–Crippen MR) is 72.1 cm³/mol. The minimum atomic E-state index is -1.25. The Morgan fingerprint density at radius 3 is 2.25 bits per heavy atom. The molecule has 0 aliphatic carbocycles. The van der Waals surface area contributed by atoms with Crippen molar-refractivity contribution in [1.29, 1.82) is 0 Å². The molecule has 0 aliphatic heterocycles. The maximum atomic E-state index is 11.4. The average Bonchev–Trinajstić information content (AvgIpc) is 2.21. The Kier molecular flexibility index (Phi) is 9.29. The van der Waals surface area contributed by atoms with E-state index in [1.807, 2.05) is 13.1 Å². The molecule has 3 heteroatoms. The van der Waals surface area contributed by atoms with Crippen molar-refractivity contribution in [3.05, 3.63) is 12.2 Å². The van der Waals surface area contributed by atoms with E-state index in [1.165, 1.54) is 32.1 Å². The molecule has 0 N–H and O–H groups in total. The summed E-state index contributed by atoms with van der Waals surface area (Å²) in [6.07, 6.45) is 8.25. The molecule has 2 nitrogen and oxygen atoms in total. The van der Waals surface area contributed by atoms with Gasteiger partial charge in [0.05, 0.1) is 0 Å². The van der Waals surface area contributed by atoms with E-state index in [0.717, 1.165) is 12.8 Å². The van der Waals surface area contributed by atoms with Gasteiger partial charge in [0.2, 0.25) is 9.04 Å². The van der Waals surface area contributed by atoms with E-state index in [1.54, 1.807) is 0 Å². The fraction of sp³-hybridized carbons (Fsp3) is 0.769. The van der Waals surface area contributed by atoms with E-state index >= 15 is 0 Å². The second-order valence-corrected chi connectivity index (χ2v) is 6.91. The third kappa shape index (κ3) is 8.71. The molecule has 0 fully saturated rings. The van der Waals surface area contributed by atoms with Gasteiger partial charge in [-0.25, -0.2) is 4.79 Å². The first-order chi connectivity index (χ1) is 7.57. The fourth-order valence-electron chi connectivity index (χ4n) is 1.52. The average molecular weight is 242 g/mol. The van der Waals surface area contributed by atoms with Gasteiger partial charge in [0.25, 0.3) is 0 Å². The number of hydrogen-bond acceptors (Lipinski definition) is 2. The van der Waals surface area contributed by atoms with Gasteiger partial charge < -0.3 is 4.43 Å². The van der Waals surface area contributed by atoms with Crippen molar-refractivity contribution in [2.24, 2.45) is 0 Å². The highest BCUT2D eigenvalue weighted by Crippen LogP contribution is 2.11. The van der Waals surface area contributed by atoms with Crippen molar-refractivity contribution in [1.82, 2.24) is 0 Å². The standard InChI is InChI=1S/C13H26O2Si/c1-5-6-7-8-9-10-11-12(2)13(14)15-16(3)4/h16H,2,5-11H2,1,3-4H3. The molecule has 0 atom stereocenters. The van der Waals surface area contributed by atoms with Crippen LogP contribution in [0.4, 0.5) is 0 Å². The first kappa shape index (κ1) is 15.4. The molecule has 0 saturated carbocycles. The van der Waals surface area contributed by atoms with Gasteiger partial charge in [0.15, 0.2) is 0 Å². The first-order valence-corrected chi connectivity index (χ1v) is 9.24. The number of unbranched alkanes of at least 4 members (excludes halogenated alkanes) is 5. The van der Waals surface area contributed by atoms with Gasteiger partial charge in [-0.1, -0.05) is 45.6 Å². The molecule has 0 radical (unpaired) electrons. The Morgan fingerprint density at radius 2 is 1.69 bits per heavy atom. The van der Waals surface area contributed by atoms with E-state index in [9.17, 15) is 4.79 Å². The zero-order valence-electron chi connectivity index (χ0n) is 11.1. The van der Waals surface area contributed by atoms with Crippen molar-refractivity contribution in [3.63, 3.8) is 0 Å². The lowest BCUT2D eigenvalue weighted by atomic mass is 10.1. The van der Waals surface area contributed by atoms with Crippen LogP contribution in [0, 0.1) is 0 Å². The van der Waals surface area contributed by atoms with Crippen molar-refractivity contribution in [2.45, 2.75) is 65.0 Å². The minimum Gasteiger partial charge on any atom is -0.519 e. The molecule has 0 amide bonds. The van der Waals surface area contributed by atoms with Crippen LogP contribution in [0.15, 0.2) is 12.2 Å². The van der Waals surface area contributed by atoms with Crippen LogP contribution in [0.25, 0.3) is 0 Å². The molecular formula is C13H26O2Si. The molecule has 0 saturated heterocycles. The number of carbonyl (C=O) groups excluding carboxylic acids is 1. The third-order valence-corrected chi connectivity index (χ3v) is 3.15. The maximum absolute atomic E-state index is 11.4. The summed E-state index contributed by atoms with van der Waals surface area (Å²) in [6, 6.07) is 0. The lowest BCUT2D eigenvalue weighted by Gasteiger charge is -2.09. The Bertz CT molecular complexity index is 212. The summed E-state index contributed by atoms with van der Waals surface area (Å²) < 4.78 is 5.21.